The molecule has 1 saturated carbocycles. The fraction of sp³-hybridized carbons (Fsp3) is 0.458. The van der Waals surface area contributed by atoms with E-state index in [1.165, 1.54) is 12.1 Å². The quantitative estimate of drug-likeness (QED) is 0.716. The first-order valence-electron chi connectivity index (χ1n) is 10.4. The summed E-state index contributed by atoms with van der Waals surface area (Å²) in [6.07, 6.45) is 1.51. The Kier molecular flexibility index (Phi) is 7.82. The molecule has 1 N–H and O–H groups in total. The number of methoxy groups -OCH3 is 2. The lowest BCUT2D eigenvalue weighted by Gasteiger charge is -2.35. The minimum atomic E-state index is -0.523. The third-order valence-electron chi connectivity index (χ3n) is 5.81. The molecule has 0 unspecified atom stereocenters. The number of amides is 1. The summed E-state index contributed by atoms with van der Waals surface area (Å²) in [5, 5.41) is 10.1. The van der Waals surface area contributed by atoms with E-state index in [1.807, 2.05) is 29.2 Å². The minimum Gasteiger partial charge on any atom is -0.497 e. The van der Waals surface area contributed by atoms with Crippen LogP contribution < -0.4 is 4.74 Å². The molecule has 0 aromatic heterocycles. The summed E-state index contributed by atoms with van der Waals surface area (Å²) in [6, 6.07) is 14.1. The molecule has 1 amide bonds. The number of rotatable bonds is 8. The number of ether oxygens (including phenoxy) is 2. The molecule has 6 heteroatoms. The van der Waals surface area contributed by atoms with Crippen LogP contribution in [0.4, 0.5) is 4.39 Å². The summed E-state index contributed by atoms with van der Waals surface area (Å²) in [7, 11) is 3.19. The van der Waals surface area contributed by atoms with Crippen LogP contribution in [-0.4, -0.2) is 48.9 Å². The van der Waals surface area contributed by atoms with E-state index in [1.54, 1.807) is 26.4 Å². The maximum Gasteiger partial charge on any atom is 0.226 e. The highest BCUT2D eigenvalue weighted by molar-refractivity contribution is 5.79. The minimum absolute atomic E-state index is 0.0638. The van der Waals surface area contributed by atoms with E-state index in [2.05, 4.69) is 0 Å². The Balaban J connectivity index is 1.75. The lowest BCUT2D eigenvalue weighted by Crippen LogP contribution is -2.43. The zero-order valence-corrected chi connectivity index (χ0v) is 17.6. The van der Waals surface area contributed by atoms with Gasteiger partial charge in [0.25, 0.3) is 0 Å². The van der Waals surface area contributed by atoms with Crippen LogP contribution in [-0.2, 0) is 22.5 Å². The van der Waals surface area contributed by atoms with Crippen molar-refractivity contribution in [3.8, 4) is 5.75 Å². The normalized spacial score (nSPS) is 21.3. The van der Waals surface area contributed by atoms with E-state index < -0.39 is 6.10 Å². The van der Waals surface area contributed by atoms with Crippen LogP contribution in [0.5, 0.6) is 5.75 Å². The van der Waals surface area contributed by atoms with E-state index in [9.17, 15) is 14.3 Å². The van der Waals surface area contributed by atoms with E-state index in [4.69, 9.17) is 9.47 Å². The van der Waals surface area contributed by atoms with Gasteiger partial charge in [0.1, 0.15) is 11.6 Å². The number of aliphatic hydroxyl groups is 1. The molecule has 30 heavy (non-hydrogen) atoms. The second-order valence-electron chi connectivity index (χ2n) is 7.84. The first kappa shape index (κ1) is 22.2. The average molecular weight is 416 g/mol. The van der Waals surface area contributed by atoms with Gasteiger partial charge in [0.15, 0.2) is 0 Å². The first-order chi connectivity index (χ1) is 14.5. The molecule has 0 radical (unpaired) electrons. The van der Waals surface area contributed by atoms with Crippen molar-refractivity contribution in [1.82, 2.24) is 4.90 Å². The highest BCUT2D eigenvalue weighted by Gasteiger charge is 2.35. The van der Waals surface area contributed by atoms with Gasteiger partial charge < -0.3 is 19.5 Å². The summed E-state index contributed by atoms with van der Waals surface area (Å²) in [5.74, 6) is 0.360. The van der Waals surface area contributed by atoms with Crippen LogP contribution >= 0.6 is 0 Å². The van der Waals surface area contributed by atoms with E-state index in [0.29, 0.717) is 38.8 Å². The molecule has 0 saturated heterocycles. The van der Waals surface area contributed by atoms with Gasteiger partial charge in [-0.1, -0.05) is 24.3 Å². The standard InChI is InChI=1S/C24H30FNO4/c1-29-21-5-3-4-18(14-21)16-26(13-12-17-6-9-20(25)10-7-17)24(28)19-8-11-22(27)23(15-19)30-2/h3-7,9-10,14,19,22-23,27H,8,11-13,15-16H2,1-2H3/t19-,22+,23-/m1/s1. The number of halogens is 1. The number of aliphatic hydroxyl groups excluding tert-OH is 1. The molecular formula is C24H30FNO4. The summed E-state index contributed by atoms with van der Waals surface area (Å²) >= 11 is 0. The van der Waals surface area contributed by atoms with Crippen molar-refractivity contribution in [2.75, 3.05) is 20.8 Å². The largest absolute Gasteiger partial charge is 0.497 e. The fourth-order valence-electron chi connectivity index (χ4n) is 4.02. The Morgan fingerprint density at radius 1 is 1.13 bits per heavy atom. The van der Waals surface area contributed by atoms with Crippen molar-refractivity contribution in [3.05, 3.63) is 65.5 Å². The van der Waals surface area contributed by atoms with Gasteiger partial charge in [0, 0.05) is 26.1 Å². The molecule has 1 fully saturated rings. The SMILES string of the molecule is COc1cccc(CN(CCc2ccc(F)cc2)C(=O)[C@@H]2CC[C@H](O)[C@H](OC)C2)c1. The van der Waals surface area contributed by atoms with Gasteiger partial charge in [0.05, 0.1) is 19.3 Å². The molecule has 2 aromatic rings. The molecule has 0 heterocycles. The summed E-state index contributed by atoms with van der Waals surface area (Å²) in [4.78, 5) is 15.3. The Morgan fingerprint density at radius 2 is 1.90 bits per heavy atom. The molecule has 3 rings (SSSR count). The topological polar surface area (TPSA) is 59.0 Å². The zero-order valence-electron chi connectivity index (χ0n) is 17.6. The Morgan fingerprint density at radius 3 is 2.60 bits per heavy atom. The highest BCUT2D eigenvalue weighted by Crippen LogP contribution is 2.29. The van der Waals surface area contributed by atoms with E-state index in [0.717, 1.165) is 16.9 Å². The number of carbonyl (C=O) groups is 1. The van der Waals surface area contributed by atoms with Crippen molar-refractivity contribution < 1.29 is 23.8 Å². The smallest absolute Gasteiger partial charge is 0.226 e. The first-order valence-corrected chi connectivity index (χ1v) is 10.4. The molecule has 1 aliphatic carbocycles. The molecule has 0 aliphatic heterocycles. The molecule has 162 valence electrons. The lowest BCUT2D eigenvalue weighted by atomic mass is 9.84. The fourth-order valence-corrected chi connectivity index (χ4v) is 4.02. The second-order valence-corrected chi connectivity index (χ2v) is 7.84. The van der Waals surface area contributed by atoms with Crippen molar-refractivity contribution >= 4 is 5.91 Å². The Hall–Kier alpha value is -2.44. The van der Waals surface area contributed by atoms with Crippen LogP contribution in [0, 0.1) is 11.7 Å². The lowest BCUT2D eigenvalue weighted by molar-refractivity contribution is -0.141. The zero-order chi connectivity index (χ0) is 21.5. The van der Waals surface area contributed by atoms with Crippen LogP contribution in [0.15, 0.2) is 48.5 Å². The Bertz CT molecular complexity index is 826. The highest BCUT2D eigenvalue weighted by atomic mass is 19.1. The van der Waals surface area contributed by atoms with Gasteiger partial charge >= 0.3 is 0 Å². The number of hydrogen-bond donors (Lipinski definition) is 1. The van der Waals surface area contributed by atoms with Gasteiger partial charge in [-0.3, -0.25) is 4.79 Å². The van der Waals surface area contributed by atoms with Gasteiger partial charge in [-0.15, -0.1) is 0 Å². The van der Waals surface area contributed by atoms with Crippen molar-refractivity contribution in [1.29, 1.82) is 0 Å². The molecule has 0 bridgehead atoms. The van der Waals surface area contributed by atoms with Crippen LogP contribution in [0.1, 0.15) is 30.4 Å². The summed E-state index contributed by atoms with van der Waals surface area (Å²) in [6.45, 7) is 0.992. The van der Waals surface area contributed by atoms with E-state index >= 15 is 0 Å². The van der Waals surface area contributed by atoms with Crippen molar-refractivity contribution in [2.45, 2.75) is 44.4 Å². The monoisotopic (exact) mass is 415 g/mol. The van der Waals surface area contributed by atoms with Gasteiger partial charge in [0.2, 0.25) is 5.91 Å². The number of hydrogen-bond acceptors (Lipinski definition) is 4. The molecule has 2 aromatic carbocycles. The maximum absolute atomic E-state index is 13.4. The third-order valence-corrected chi connectivity index (χ3v) is 5.81. The number of nitrogens with zero attached hydrogens (tertiary/aromatic N) is 1. The van der Waals surface area contributed by atoms with Crippen molar-refractivity contribution in [2.24, 2.45) is 5.92 Å². The van der Waals surface area contributed by atoms with Gasteiger partial charge in [-0.2, -0.15) is 0 Å². The van der Waals surface area contributed by atoms with Crippen LogP contribution in [0.2, 0.25) is 0 Å². The van der Waals surface area contributed by atoms with Gasteiger partial charge in [-0.05, 0) is 61.1 Å². The van der Waals surface area contributed by atoms with Gasteiger partial charge in [-0.25, -0.2) is 4.39 Å². The van der Waals surface area contributed by atoms with Crippen molar-refractivity contribution in [3.63, 3.8) is 0 Å². The van der Waals surface area contributed by atoms with E-state index in [-0.39, 0.29) is 23.7 Å². The number of carbonyl (C=O) groups excluding carboxylic acids is 1. The summed E-state index contributed by atoms with van der Waals surface area (Å²) < 4.78 is 23.9. The second kappa shape index (κ2) is 10.5. The number of benzene rings is 2. The Labute approximate surface area is 177 Å². The maximum atomic E-state index is 13.4. The average Bonchev–Trinajstić information content (AvgIpc) is 2.77. The molecule has 1 aliphatic rings. The predicted octanol–water partition coefficient (Wildman–Crippen LogP) is 3.58. The van der Waals surface area contributed by atoms with Crippen LogP contribution in [0.25, 0.3) is 0 Å². The molecule has 0 spiro atoms. The summed E-state index contributed by atoms with van der Waals surface area (Å²) in [5.41, 5.74) is 1.97. The third kappa shape index (κ3) is 5.80. The molecule has 5 nitrogen and oxygen atoms in total. The molecular weight excluding hydrogens is 385 g/mol. The molecule has 3 atom stereocenters. The van der Waals surface area contributed by atoms with Crippen LogP contribution in [0.3, 0.4) is 0 Å². The predicted molar refractivity (Wildman–Crippen MR) is 113 cm³/mol.